The first kappa shape index (κ1) is 32.4. The second-order valence-electron chi connectivity index (χ2n) is 12.9. The Morgan fingerprint density at radius 3 is 1.58 bits per heavy atom. The van der Waals surface area contributed by atoms with Crippen LogP contribution < -0.4 is 0 Å². The normalized spacial score (nSPS) is 18.3. The van der Waals surface area contributed by atoms with Crippen molar-refractivity contribution < 1.29 is 30.6 Å². The molecule has 6 heteroatoms. The highest BCUT2D eigenvalue weighted by Gasteiger charge is 2.39. The van der Waals surface area contributed by atoms with Crippen molar-refractivity contribution in [2.75, 3.05) is 6.61 Å². The summed E-state index contributed by atoms with van der Waals surface area (Å²) in [7, 11) is 0. The van der Waals surface area contributed by atoms with Gasteiger partial charge in [-0.25, -0.2) is 0 Å². The summed E-state index contributed by atoms with van der Waals surface area (Å²) in [6.45, 7) is 14.2. The van der Waals surface area contributed by atoms with E-state index in [1.807, 2.05) is 37.3 Å². The van der Waals surface area contributed by atoms with Gasteiger partial charge in [-0.15, -0.1) is 0 Å². The summed E-state index contributed by atoms with van der Waals surface area (Å²) >= 11 is 0. The van der Waals surface area contributed by atoms with E-state index in [0.29, 0.717) is 6.42 Å². The summed E-state index contributed by atoms with van der Waals surface area (Å²) in [6, 6.07) is 16.4. The zero-order chi connectivity index (χ0) is 28.8. The maximum atomic E-state index is 11.4. The van der Waals surface area contributed by atoms with E-state index >= 15 is 0 Å². The van der Waals surface area contributed by atoms with Gasteiger partial charge in [0.1, 0.15) is 24.4 Å². The Morgan fingerprint density at radius 1 is 0.632 bits per heavy atom. The van der Waals surface area contributed by atoms with Gasteiger partial charge in [0.15, 0.2) is 0 Å². The zero-order valence-corrected chi connectivity index (χ0v) is 24.2. The molecule has 3 unspecified atom stereocenters. The molecule has 0 aromatic heterocycles. The lowest BCUT2D eigenvalue weighted by molar-refractivity contribution is -0.152. The van der Waals surface area contributed by atoms with Gasteiger partial charge >= 0.3 is 0 Å². The summed E-state index contributed by atoms with van der Waals surface area (Å²) in [5, 5.41) is 62.0. The molecule has 0 aliphatic carbocycles. The van der Waals surface area contributed by atoms with Crippen LogP contribution in [0.25, 0.3) is 0 Å². The van der Waals surface area contributed by atoms with E-state index in [2.05, 4.69) is 59.7 Å². The number of rotatable bonds is 12. The van der Waals surface area contributed by atoms with Gasteiger partial charge in [0, 0.05) is 0 Å². The third kappa shape index (κ3) is 8.35. The SMILES string of the molecule is CC(CCc1ccccc1C(C)(C)C)C(Cc1ccccc1C(C)(C)C)C(O)[C@@H](O)[C@@H](O)[C@H](O)[C@@H](O)CO. The molecule has 214 valence electrons. The monoisotopic (exact) mass is 530 g/mol. The standard InChI is InChI=1S/C32H50O6/c1-20(16-17-21-12-8-10-14-24(21)31(2,3)4)23(18-22-13-9-11-15-25(22)32(5,6)7)27(35)29(37)30(38)28(36)26(34)19-33/h8-15,20,23,26-30,33-38H,16-19H2,1-7H3/t20?,23?,26-,27?,28+,29+,30-/m0/s1. The number of hydrogen-bond acceptors (Lipinski definition) is 6. The molecule has 6 N–H and O–H groups in total. The maximum absolute atomic E-state index is 11.4. The largest absolute Gasteiger partial charge is 0.394 e. The van der Waals surface area contributed by atoms with Gasteiger partial charge in [-0.3, -0.25) is 0 Å². The molecule has 0 heterocycles. The minimum atomic E-state index is -1.82. The van der Waals surface area contributed by atoms with Crippen LogP contribution >= 0.6 is 0 Å². The molecular weight excluding hydrogens is 480 g/mol. The first-order valence-corrected chi connectivity index (χ1v) is 13.8. The van der Waals surface area contributed by atoms with Crippen LogP contribution in [0.3, 0.4) is 0 Å². The van der Waals surface area contributed by atoms with E-state index in [-0.39, 0.29) is 16.7 Å². The molecule has 38 heavy (non-hydrogen) atoms. The average molecular weight is 531 g/mol. The quantitative estimate of drug-likeness (QED) is 0.250. The van der Waals surface area contributed by atoms with Gasteiger partial charge in [0.2, 0.25) is 0 Å². The fraction of sp³-hybridized carbons (Fsp3) is 0.625. The highest BCUT2D eigenvalue weighted by Crippen LogP contribution is 2.34. The fourth-order valence-corrected chi connectivity index (χ4v) is 5.40. The molecule has 6 nitrogen and oxygen atoms in total. The molecule has 0 bridgehead atoms. The molecule has 0 fully saturated rings. The lowest BCUT2D eigenvalue weighted by atomic mass is 9.74. The molecule has 0 aliphatic rings. The third-order valence-corrected chi connectivity index (χ3v) is 7.78. The first-order chi connectivity index (χ1) is 17.6. The number of hydrogen-bond donors (Lipinski definition) is 6. The number of aliphatic hydroxyl groups is 6. The van der Waals surface area contributed by atoms with Crippen molar-refractivity contribution in [1.82, 2.24) is 0 Å². The van der Waals surface area contributed by atoms with Crippen LogP contribution in [-0.2, 0) is 23.7 Å². The Bertz CT molecular complexity index is 992. The second kappa shape index (κ2) is 13.5. The van der Waals surface area contributed by atoms with Crippen LogP contribution in [0.1, 0.15) is 77.1 Å². The second-order valence-corrected chi connectivity index (χ2v) is 12.9. The van der Waals surface area contributed by atoms with Gasteiger partial charge in [-0.05, 0) is 64.2 Å². The summed E-state index contributed by atoms with van der Waals surface area (Å²) in [6.07, 6.45) is -6.30. The van der Waals surface area contributed by atoms with Crippen molar-refractivity contribution in [2.24, 2.45) is 11.8 Å². The lowest BCUT2D eigenvalue weighted by Gasteiger charge is -2.36. The molecule has 0 radical (unpaired) electrons. The summed E-state index contributed by atoms with van der Waals surface area (Å²) in [4.78, 5) is 0. The van der Waals surface area contributed by atoms with E-state index in [0.717, 1.165) is 24.0 Å². The fourth-order valence-electron chi connectivity index (χ4n) is 5.40. The van der Waals surface area contributed by atoms with Gasteiger partial charge in [0.05, 0.1) is 12.7 Å². The van der Waals surface area contributed by atoms with E-state index < -0.39 is 43.0 Å². The minimum absolute atomic E-state index is 0.00558. The predicted molar refractivity (Wildman–Crippen MR) is 152 cm³/mol. The van der Waals surface area contributed by atoms with Crippen LogP contribution in [0.5, 0.6) is 0 Å². The zero-order valence-electron chi connectivity index (χ0n) is 24.2. The van der Waals surface area contributed by atoms with Crippen molar-refractivity contribution >= 4 is 0 Å². The topological polar surface area (TPSA) is 121 Å². The van der Waals surface area contributed by atoms with E-state index in [4.69, 9.17) is 5.11 Å². The van der Waals surface area contributed by atoms with Crippen LogP contribution in [-0.4, -0.2) is 67.8 Å². The van der Waals surface area contributed by atoms with Crippen molar-refractivity contribution in [1.29, 1.82) is 0 Å². The Morgan fingerprint density at radius 2 is 1.08 bits per heavy atom. The number of aliphatic hydroxyl groups excluding tert-OH is 6. The number of benzene rings is 2. The van der Waals surface area contributed by atoms with E-state index in [9.17, 15) is 25.5 Å². The van der Waals surface area contributed by atoms with Crippen molar-refractivity contribution in [2.45, 2.75) is 109 Å². The van der Waals surface area contributed by atoms with Gasteiger partial charge in [0.25, 0.3) is 0 Å². The van der Waals surface area contributed by atoms with Crippen molar-refractivity contribution in [3.8, 4) is 0 Å². The molecule has 2 aromatic rings. The molecule has 0 saturated carbocycles. The maximum Gasteiger partial charge on any atom is 0.111 e. The van der Waals surface area contributed by atoms with Crippen LogP contribution in [0, 0.1) is 11.8 Å². The Balaban J connectivity index is 2.39. The van der Waals surface area contributed by atoms with Crippen LogP contribution in [0.15, 0.2) is 48.5 Å². The molecular formula is C32H50O6. The van der Waals surface area contributed by atoms with Gasteiger partial charge in [-0.1, -0.05) is 97.0 Å². The Hall–Kier alpha value is -1.80. The lowest BCUT2D eigenvalue weighted by Crippen LogP contribution is -2.52. The molecule has 0 spiro atoms. The van der Waals surface area contributed by atoms with Crippen LogP contribution in [0.2, 0.25) is 0 Å². The molecule has 2 aromatic carbocycles. The van der Waals surface area contributed by atoms with Gasteiger partial charge in [-0.2, -0.15) is 0 Å². The summed E-state index contributed by atoms with van der Waals surface area (Å²) < 4.78 is 0. The molecule has 0 aliphatic heterocycles. The summed E-state index contributed by atoms with van der Waals surface area (Å²) in [5.74, 6) is -0.490. The molecule has 7 atom stereocenters. The van der Waals surface area contributed by atoms with Gasteiger partial charge < -0.3 is 30.6 Å². The predicted octanol–water partition coefficient (Wildman–Crippen LogP) is 3.51. The highest BCUT2D eigenvalue weighted by molar-refractivity contribution is 5.34. The van der Waals surface area contributed by atoms with Crippen LogP contribution in [0.4, 0.5) is 0 Å². The third-order valence-electron chi connectivity index (χ3n) is 7.78. The highest BCUT2D eigenvalue weighted by atomic mass is 16.4. The smallest absolute Gasteiger partial charge is 0.111 e. The molecule has 2 rings (SSSR count). The molecule has 0 amide bonds. The summed E-state index contributed by atoms with van der Waals surface area (Å²) in [5.41, 5.74) is 4.60. The van der Waals surface area contributed by atoms with E-state index in [1.54, 1.807) is 0 Å². The average Bonchev–Trinajstić information content (AvgIpc) is 2.87. The first-order valence-electron chi connectivity index (χ1n) is 13.8. The van der Waals surface area contributed by atoms with Crippen molar-refractivity contribution in [3.05, 3.63) is 70.8 Å². The van der Waals surface area contributed by atoms with Crippen molar-refractivity contribution in [3.63, 3.8) is 0 Å². The number of aryl methyl sites for hydroxylation is 1. The van der Waals surface area contributed by atoms with E-state index in [1.165, 1.54) is 11.1 Å². The minimum Gasteiger partial charge on any atom is -0.394 e. The Labute approximate surface area is 229 Å². The molecule has 0 saturated heterocycles. The Kier molecular flexibility index (Phi) is 11.5.